The van der Waals surface area contributed by atoms with Crippen molar-refractivity contribution in [2.75, 3.05) is 5.32 Å². The Morgan fingerprint density at radius 3 is 2.70 bits per heavy atom. The molecule has 3 aromatic rings. The van der Waals surface area contributed by atoms with Gasteiger partial charge < -0.3 is 5.32 Å². The number of hydrogen-bond acceptors (Lipinski definition) is 4. The van der Waals surface area contributed by atoms with Crippen LogP contribution in [-0.4, -0.2) is 25.2 Å². The zero-order valence-corrected chi connectivity index (χ0v) is 16.7. The highest BCUT2D eigenvalue weighted by atomic mass is 35.5. The summed E-state index contributed by atoms with van der Waals surface area (Å²) >= 11 is 12.0. The molecule has 0 aliphatic heterocycles. The molecule has 1 aromatic carbocycles. The second-order valence-corrected chi connectivity index (χ2v) is 7.97. The van der Waals surface area contributed by atoms with Gasteiger partial charge in [-0.05, 0) is 39.0 Å². The Bertz CT molecular complexity index is 1070. The molecular formula is C18H19Cl2N5O2. The number of aryl methyl sites for hydroxylation is 1. The van der Waals surface area contributed by atoms with Crippen molar-refractivity contribution in [1.82, 2.24) is 19.3 Å². The van der Waals surface area contributed by atoms with E-state index in [2.05, 4.69) is 15.4 Å². The number of benzene rings is 1. The molecule has 2 aromatic heterocycles. The molecule has 0 atom stereocenters. The second-order valence-electron chi connectivity index (χ2n) is 7.13. The van der Waals surface area contributed by atoms with Crippen LogP contribution < -0.4 is 10.9 Å². The highest BCUT2D eigenvalue weighted by Crippen LogP contribution is 2.25. The van der Waals surface area contributed by atoms with Gasteiger partial charge in [-0.15, -0.1) is 0 Å². The number of amides is 1. The Balaban J connectivity index is 1.75. The van der Waals surface area contributed by atoms with Crippen LogP contribution in [0.25, 0.3) is 11.0 Å². The van der Waals surface area contributed by atoms with Crippen LogP contribution in [0.1, 0.15) is 27.2 Å². The summed E-state index contributed by atoms with van der Waals surface area (Å²) in [7, 11) is 0. The summed E-state index contributed by atoms with van der Waals surface area (Å²) in [5.74, 6) is -0.281. The van der Waals surface area contributed by atoms with Crippen LogP contribution >= 0.6 is 23.2 Å². The van der Waals surface area contributed by atoms with Crippen LogP contribution in [-0.2, 0) is 16.9 Å². The van der Waals surface area contributed by atoms with Crippen LogP contribution in [0.5, 0.6) is 0 Å². The molecule has 7 nitrogen and oxygen atoms in total. The van der Waals surface area contributed by atoms with E-state index in [1.54, 1.807) is 22.9 Å². The SMILES string of the molecule is CC(C)(C)n1ncc2c(=O)n(CCC(=O)Nc3cc(Cl)ccc3Cl)cnc21. The lowest BCUT2D eigenvalue weighted by atomic mass is 10.1. The minimum atomic E-state index is -0.288. The Kier molecular flexibility index (Phi) is 5.26. The maximum atomic E-state index is 12.6. The van der Waals surface area contributed by atoms with Crippen molar-refractivity contribution in [3.05, 3.63) is 51.1 Å². The number of nitrogens with one attached hydrogen (secondary N) is 1. The molecule has 0 unspecified atom stereocenters. The van der Waals surface area contributed by atoms with E-state index < -0.39 is 0 Å². The fourth-order valence-electron chi connectivity index (χ4n) is 2.63. The third kappa shape index (κ3) is 4.14. The van der Waals surface area contributed by atoms with Crippen molar-refractivity contribution < 1.29 is 4.79 Å². The average molecular weight is 408 g/mol. The van der Waals surface area contributed by atoms with Crippen LogP contribution in [0.4, 0.5) is 5.69 Å². The van der Waals surface area contributed by atoms with Gasteiger partial charge in [0.05, 0.1) is 28.8 Å². The lowest BCUT2D eigenvalue weighted by Gasteiger charge is -2.19. The second kappa shape index (κ2) is 7.32. The van der Waals surface area contributed by atoms with E-state index in [1.165, 1.54) is 17.1 Å². The summed E-state index contributed by atoms with van der Waals surface area (Å²) in [5, 5.41) is 8.25. The van der Waals surface area contributed by atoms with Gasteiger partial charge in [-0.25, -0.2) is 9.67 Å². The number of rotatable bonds is 4. The lowest BCUT2D eigenvalue weighted by molar-refractivity contribution is -0.116. The Morgan fingerprint density at radius 1 is 1.26 bits per heavy atom. The lowest BCUT2D eigenvalue weighted by Crippen LogP contribution is -2.26. The van der Waals surface area contributed by atoms with E-state index >= 15 is 0 Å². The van der Waals surface area contributed by atoms with E-state index in [-0.39, 0.29) is 30.0 Å². The van der Waals surface area contributed by atoms with Gasteiger partial charge in [0.2, 0.25) is 5.91 Å². The van der Waals surface area contributed by atoms with Crippen LogP contribution in [0.15, 0.2) is 35.5 Å². The molecule has 0 aliphatic rings. The monoisotopic (exact) mass is 407 g/mol. The summed E-state index contributed by atoms with van der Waals surface area (Å²) in [6.45, 7) is 6.14. The predicted octanol–water partition coefficient (Wildman–Crippen LogP) is 3.68. The van der Waals surface area contributed by atoms with E-state index in [4.69, 9.17) is 23.2 Å². The van der Waals surface area contributed by atoms with Gasteiger partial charge in [-0.1, -0.05) is 23.2 Å². The molecule has 0 radical (unpaired) electrons. The van der Waals surface area contributed by atoms with Crippen molar-refractivity contribution >= 4 is 45.8 Å². The fourth-order valence-corrected chi connectivity index (χ4v) is 2.96. The normalized spacial score (nSPS) is 11.7. The quantitative estimate of drug-likeness (QED) is 0.714. The van der Waals surface area contributed by atoms with Crippen molar-refractivity contribution in [2.24, 2.45) is 0 Å². The summed E-state index contributed by atoms with van der Waals surface area (Å²) in [4.78, 5) is 29.2. The van der Waals surface area contributed by atoms with Gasteiger partial charge >= 0.3 is 0 Å². The maximum absolute atomic E-state index is 12.6. The number of halogens is 2. The number of fused-ring (bicyclic) bond motifs is 1. The number of carbonyl (C=O) groups excluding carboxylic acids is 1. The first-order valence-electron chi connectivity index (χ1n) is 8.35. The number of carbonyl (C=O) groups is 1. The van der Waals surface area contributed by atoms with Crippen molar-refractivity contribution in [3.63, 3.8) is 0 Å². The maximum Gasteiger partial charge on any atom is 0.264 e. The largest absolute Gasteiger partial charge is 0.325 e. The zero-order valence-electron chi connectivity index (χ0n) is 15.2. The van der Waals surface area contributed by atoms with Gasteiger partial charge in [0.25, 0.3) is 5.56 Å². The number of nitrogens with zero attached hydrogens (tertiary/aromatic N) is 4. The highest BCUT2D eigenvalue weighted by molar-refractivity contribution is 6.35. The third-order valence-electron chi connectivity index (χ3n) is 3.97. The van der Waals surface area contributed by atoms with E-state index in [0.717, 1.165) is 0 Å². The molecular weight excluding hydrogens is 389 g/mol. The molecule has 1 N–H and O–H groups in total. The summed E-state index contributed by atoms with van der Waals surface area (Å²) in [5.41, 5.74) is 0.438. The first-order valence-corrected chi connectivity index (χ1v) is 9.11. The first kappa shape index (κ1) is 19.4. The molecule has 0 saturated carbocycles. The molecule has 9 heteroatoms. The number of hydrogen-bond donors (Lipinski definition) is 1. The summed E-state index contributed by atoms with van der Waals surface area (Å²) in [6.07, 6.45) is 3.04. The Labute approximate surface area is 165 Å². The summed E-state index contributed by atoms with van der Waals surface area (Å²) in [6, 6.07) is 4.81. The van der Waals surface area contributed by atoms with Gasteiger partial charge in [-0.2, -0.15) is 5.10 Å². The minimum Gasteiger partial charge on any atom is -0.325 e. The fraction of sp³-hybridized carbons (Fsp3) is 0.333. The topological polar surface area (TPSA) is 81.8 Å². The minimum absolute atomic E-state index is 0.0867. The molecule has 27 heavy (non-hydrogen) atoms. The Morgan fingerprint density at radius 2 is 2.00 bits per heavy atom. The molecule has 0 aliphatic carbocycles. The molecule has 2 heterocycles. The molecule has 1 amide bonds. The molecule has 3 rings (SSSR count). The van der Waals surface area contributed by atoms with Crippen molar-refractivity contribution in [1.29, 1.82) is 0 Å². The average Bonchev–Trinajstić information content (AvgIpc) is 3.03. The first-order chi connectivity index (χ1) is 12.7. The van der Waals surface area contributed by atoms with Gasteiger partial charge in [0, 0.05) is 18.0 Å². The van der Waals surface area contributed by atoms with Crippen LogP contribution in [0.2, 0.25) is 10.0 Å². The van der Waals surface area contributed by atoms with Gasteiger partial charge in [-0.3, -0.25) is 14.2 Å². The third-order valence-corrected chi connectivity index (χ3v) is 4.54. The number of anilines is 1. The molecule has 0 saturated heterocycles. The van der Waals surface area contributed by atoms with Gasteiger partial charge in [0.1, 0.15) is 5.39 Å². The number of aromatic nitrogens is 4. The van der Waals surface area contributed by atoms with E-state index in [1.807, 2.05) is 20.8 Å². The summed E-state index contributed by atoms with van der Waals surface area (Å²) < 4.78 is 3.11. The Hall–Kier alpha value is -2.38. The van der Waals surface area contributed by atoms with E-state index in [9.17, 15) is 9.59 Å². The van der Waals surface area contributed by atoms with Gasteiger partial charge in [0.15, 0.2) is 5.65 Å². The van der Waals surface area contributed by atoms with Crippen molar-refractivity contribution in [2.45, 2.75) is 39.3 Å². The smallest absolute Gasteiger partial charge is 0.264 e. The van der Waals surface area contributed by atoms with E-state index in [0.29, 0.717) is 26.8 Å². The van der Waals surface area contributed by atoms with Crippen molar-refractivity contribution in [3.8, 4) is 0 Å². The predicted molar refractivity (Wildman–Crippen MR) is 106 cm³/mol. The molecule has 0 fully saturated rings. The zero-order chi connectivity index (χ0) is 19.8. The molecule has 0 bridgehead atoms. The standard InChI is InChI=1S/C18H19Cl2N5O2/c1-18(2,3)25-16-12(9-22-25)17(27)24(10-21-16)7-6-15(26)23-14-8-11(19)4-5-13(14)20/h4-5,8-10H,6-7H2,1-3H3,(H,23,26). The highest BCUT2D eigenvalue weighted by Gasteiger charge is 2.19. The molecule has 0 spiro atoms. The van der Waals surface area contributed by atoms with Crippen LogP contribution in [0.3, 0.4) is 0 Å². The molecule has 142 valence electrons. The van der Waals surface area contributed by atoms with Crippen LogP contribution in [0, 0.1) is 0 Å².